The van der Waals surface area contributed by atoms with E-state index in [2.05, 4.69) is 11.8 Å². The largest absolute Gasteiger partial charge is 0.374 e. The molecule has 0 bridgehead atoms. The second-order valence-corrected chi connectivity index (χ2v) is 5.65. The first kappa shape index (κ1) is 12.7. The van der Waals surface area contributed by atoms with Crippen molar-refractivity contribution in [3.8, 4) is 0 Å². The van der Waals surface area contributed by atoms with Crippen LogP contribution in [0, 0.1) is 0 Å². The molecule has 0 saturated carbocycles. The summed E-state index contributed by atoms with van der Waals surface area (Å²) >= 11 is 5.77. The molecule has 0 amide bonds. The molecule has 0 aromatic rings. The van der Waals surface area contributed by atoms with Gasteiger partial charge in [0.2, 0.25) is 0 Å². The van der Waals surface area contributed by atoms with Crippen LogP contribution in [-0.4, -0.2) is 42.1 Å². The highest BCUT2D eigenvalue weighted by Crippen LogP contribution is 2.26. The minimum Gasteiger partial charge on any atom is -0.374 e. The van der Waals surface area contributed by atoms with Crippen molar-refractivity contribution in [2.45, 2.75) is 63.7 Å². The van der Waals surface area contributed by atoms with Crippen LogP contribution in [0.2, 0.25) is 0 Å². The van der Waals surface area contributed by atoms with Gasteiger partial charge in [-0.25, -0.2) is 0 Å². The van der Waals surface area contributed by atoms with Gasteiger partial charge in [-0.15, -0.1) is 11.6 Å². The quantitative estimate of drug-likeness (QED) is 0.691. The molecule has 3 heteroatoms. The third kappa shape index (κ3) is 3.35. The molecule has 16 heavy (non-hydrogen) atoms. The van der Waals surface area contributed by atoms with Crippen molar-refractivity contribution in [2.24, 2.45) is 0 Å². The van der Waals surface area contributed by atoms with Crippen LogP contribution in [-0.2, 0) is 4.74 Å². The number of alkyl halides is 1. The maximum absolute atomic E-state index is 5.91. The minimum atomic E-state index is 0.480. The first-order valence-electron chi connectivity index (χ1n) is 6.75. The molecule has 2 aliphatic heterocycles. The Hall–Kier alpha value is 0.210. The van der Waals surface area contributed by atoms with Crippen molar-refractivity contribution < 1.29 is 4.74 Å². The number of hydrogen-bond donors (Lipinski definition) is 0. The standard InChI is InChI=1S/C13H24ClNO/c1-11-6-7-13(16-11)10-15-9-3-5-12(15)4-2-8-14/h11-13H,2-10H2,1H3. The topological polar surface area (TPSA) is 12.5 Å². The summed E-state index contributed by atoms with van der Waals surface area (Å²) in [4.78, 5) is 2.63. The SMILES string of the molecule is CC1CCC(CN2CCCC2CCCCl)O1. The van der Waals surface area contributed by atoms with E-state index in [0.717, 1.165) is 24.9 Å². The maximum Gasteiger partial charge on any atom is 0.0706 e. The summed E-state index contributed by atoms with van der Waals surface area (Å²) in [7, 11) is 0. The van der Waals surface area contributed by atoms with Gasteiger partial charge in [-0.3, -0.25) is 4.90 Å². The highest BCUT2D eigenvalue weighted by Gasteiger charge is 2.29. The highest BCUT2D eigenvalue weighted by atomic mass is 35.5. The van der Waals surface area contributed by atoms with Gasteiger partial charge < -0.3 is 4.74 Å². The van der Waals surface area contributed by atoms with Gasteiger partial charge in [0, 0.05) is 18.5 Å². The molecule has 0 radical (unpaired) electrons. The Bertz CT molecular complexity index is 212. The number of likely N-dealkylation sites (tertiary alicyclic amines) is 1. The van der Waals surface area contributed by atoms with Crippen LogP contribution in [0.4, 0.5) is 0 Å². The fourth-order valence-electron chi connectivity index (χ4n) is 3.06. The van der Waals surface area contributed by atoms with Crippen LogP contribution in [0.25, 0.3) is 0 Å². The van der Waals surface area contributed by atoms with E-state index in [1.54, 1.807) is 0 Å². The van der Waals surface area contributed by atoms with Crippen molar-refractivity contribution >= 4 is 11.6 Å². The molecule has 3 atom stereocenters. The van der Waals surface area contributed by atoms with E-state index >= 15 is 0 Å². The summed E-state index contributed by atoms with van der Waals surface area (Å²) in [6.45, 7) is 4.60. The summed E-state index contributed by atoms with van der Waals surface area (Å²) in [5, 5.41) is 0. The van der Waals surface area contributed by atoms with E-state index < -0.39 is 0 Å². The minimum absolute atomic E-state index is 0.480. The number of hydrogen-bond acceptors (Lipinski definition) is 2. The Labute approximate surface area is 104 Å². The van der Waals surface area contributed by atoms with Crippen molar-refractivity contribution in [1.29, 1.82) is 0 Å². The number of nitrogens with zero attached hydrogens (tertiary/aromatic N) is 1. The molecule has 2 nitrogen and oxygen atoms in total. The van der Waals surface area contributed by atoms with Crippen LogP contribution >= 0.6 is 11.6 Å². The Morgan fingerprint density at radius 3 is 2.88 bits per heavy atom. The predicted molar refractivity (Wildman–Crippen MR) is 68.1 cm³/mol. The zero-order valence-corrected chi connectivity index (χ0v) is 11.1. The molecular weight excluding hydrogens is 222 g/mol. The molecule has 0 aliphatic carbocycles. The van der Waals surface area contributed by atoms with E-state index in [1.807, 2.05) is 0 Å². The summed E-state index contributed by atoms with van der Waals surface area (Å²) in [5.74, 6) is 0.807. The molecule has 0 aromatic carbocycles. The lowest BCUT2D eigenvalue weighted by molar-refractivity contribution is 0.0280. The molecule has 3 unspecified atom stereocenters. The molecule has 0 spiro atoms. The second-order valence-electron chi connectivity index (χ2n) is 5.27. The molecule has 2 heterocycles. The van der Waals surface area contributed by atoms with Gasteiger partial charge in [0.05, 0.1) is 12.2 Å². The highest BCUT2D eigenvalue weighted by molar-refractivity contribution is 6.17. The molecular formula is C13H24ClNO. The van der Waals surface area contributed by atoms with Gasteiger partial charge >= 0.3 is 0 Å². The van der Waals surface area contributed by atoms with Gasteiger partial charge in [0.15, 0.2) is 0 Å². The zero-order chi connectivity index (χ0) is 11.4. The van der Waals surface area contributed by atoms with Gasteiger partial charge in [-0.05, 0) is 52.0 Å². The molecule has 2 rings (SSSR count). The third-order valence-electron chi connectivity index (χ3n) is 3.93. The first-order valence-corrected chi connectivity index (χ1v) is 7.28. The summed E-state index contributed by atoms with van der Waals surface area (Å²) < 4.78 is 5.91. The average molecular weight is 246 g/mol. The fourth-order valence-corrected chi connectivity index (χ4v) is 3.21. The summed E-state index contributed by atoms with van der Waals surface area (Å²) in [6, 6.07) is 0.776. The number of halogens is 1. The lowest BCUT2D eigenvalue weighted by atomic mass is 10.1. The average Bonchev–Trinajstić information content (AvgIpc) is 2.86. The van der Waals surface area contributed by atoms with Gasteiger partial charge in [-0.1, -0.05) is 0 Å². The van der Waals surface area contributed by atoms with E-state index in [-0.39, 0.29) is 0 Å². The Kier molecular flexibility index (Phi) is 4.93. The van der Waals surface area contributed by atoms with E-state index in [9.17, 15) is 0 Å². The van der Waals surface area contributed by atoms with Crippen LogP contribution in [0.3, 0.4) is 0 Å². The molecule has 0 N–H and O–H groups in total. The van der Waals surface area contributed by atoms with Crippen molar-refractivity contribution in [2.75, 3.05) is 19.0 Å². The predicted octanol–water partition coefficient (Wildman–Crippen LogP) is 3.04. The fraction of sp³-hybridized carbons (Fsp3) is 1.00. The second kappa shape index (κ2) is 6.23. The summed E-state index contributed by atoms with van der Waals surface area (Å²) in [6.07, 6.45) is 8.61. The third-order valence-corrected chi connectivity index (χ3v) is 4.20. The molecule has 2 saturated heterocycles. The van der Waals surface area contributed by atoms with Crippen LogP contribution < -0.4 is 0 Å². The molecule has 0 aromatic heterocycles. The molecule has 2 aliphatic rings. The number of ether oxygens (including phenoxy) is 1. The number of rotatable bonds is 5. The molecule has 94 valence electrons. The van der Waals surface area contributed by atoms with E-state index in [0.29, 0.717) is 12.2 Å². The van der Waals surface area contributed by atoms with Gasteiger partial charge in [-0.2, -0.15) is 0 Å². The zero-order valence-electron chi connectivity index (χ0n) is 10.3. The molecule has 2 fully saturated rings. The van der Waals surface area contributed by atoms with Crippen molar-refractivity contribution in [3.63, 3.8) is 0 Å². The Morgan fingerprint density at radius 2 is 2.19 bits per heavy atom. The lowest BCUT2D eigenvalue weighted by Crippen LogP contribution is -2.36. The van der Waals surface area contributed by atoms with E-state index in [1.165, 1.54) is 38.6 Å². The van der Waals surface area contributed by atoms with Gasteiger partial charge in [0.1, 0.15) is 0 Å². The van der Waals surface area contributed by atoms with Crippen LogP contribution in [0.5, 0.6) is 0 Å². The Balaban J connectivity index is 1.74. The lowest BCUT2D eigenvalue weighted by Gasteiger charge is -2.27. The van der Waals surface area contributed by atoms with Crippen molar-refractivity contribution in [1.82, 2.24) is 4.90 Å². The first-order chi connectivity index (χ1) is 7.79. The monoisotopic (exact) mass is 245 g/mol. The van der Waals surface area contributed by atoms with Crippen molar-refractivity contribution in [3.05, 3.63) is 0 Å². The van der Waals surface area contributed by atoms with Gasteiger partial charge in [0.25, 0.3) is 0 Å². The normalized spacial score (nSPS) is 36.0. The smallest absolute Gasteiger partial charge is 0.0706 e. The van der Waals surface area contributed by atoms with Crippen LogP contribution in [0.15, 0.2) is 0 Å². The summed E-state index contributed by atoms with van der Waals surface area (Å²) in [5.41, 5.74) is 0. The van der Waals surface area contributed by atoms with Crippen LogP contribution in [0.1, 0.15) is 45.4 Å². The van der Waals surface area contributed by atoms with E-state index in [4.69, 9.17) is 16.3 Å². The maximum atomic E-state index is 5.91. The Morgan fingerprint density at radius 1 is 1.31 bits per heavy atom.